The summed E-state index contributed by atoms with van der Waals surface area (Å²) >= 11 is 0. The first kappa shape index (κ1) is 15.1. The summed E-state index contributed by atoms with van der Waals surface area (Å²) in [5.41, 5.74) is 0.880. The Labute approximate surface area is 131 Å². The molecule has 120 valence electrons. The van der Waals surface area contributed by atoms with Crippen LogP contribution in [-0.2, 0) is 6.54 Å². The number of hydrogen-bond donors (Lipinski definition) is 2. The Bertz CT molecular complexity index is 523. The normalized spacial score (nSPS) is 24.6. The monoisotopic (exact) mass is 304 g/mol. The number of carbonyl (C=O) groups is 1. The third-order valence-electron chi connectivity index (χ3n) is 4.66. The highest BCUT2D eigenvalue weighted by Crippen LogP contribution is 2.27. The molecular weight excluding hydrogens is 280 g/mol. The van der Waals surface area contributed by atoms with Crippen molar-refractivity contribution in [1.82, 2.24) is 20.5 Å². The zero-order chi connectivity index (χ0) is 15.4. The summed E-state index contributed by atoms with van der Waals surface area (Å²) in [7, 11) is 1.59. The first-order valence-corrected chi connectivity index (χ1v) is 8.04. The number of urea groups is 1. The predicted molar refractivity (Wildman–Crippen MR) is 83.8 cm³/mol. The highest BCUT2D eigenvalue weighted by atomic mass is 16.5. The average molecular weight is 304 g/mol. The Balaban J connectivity index is 1.50. The smallest absolute Gasteiger partial charge is 0.315 e. The van der Waals surface area contributed by atoms with Gasteiger partial charge < -0.3 is 15.4 Å². The van der Waals surface area contributed by atoms with E-state index in [1.165, 1.54) is 25.8 Å². The van der Waals surface area contributed by atoms with E-state index in [9.17, 15) is 4.79 Å². The van der Waals surface area contributed by atoms with Gasteiger partial charge in [-0.05, 0) is 31.9 Å². The number of nitrogens with one attached hydrogen (secondary N) is 2. The number of hydrogen-bond acceptors (Lipinski definition) is 4. The number of piperidine rings is 1. The number of rotatable bonds is 4. The Morgan fingerprint density at radius 3 is 3.18 bits per heavy atom. The maximum absolute atomic E-state index is 12.1. The van der Waals surface area contributed by atoms with E-state index in [4.69, 9.17) is 4.74 Å². The molecule has 0 radical (unpaired) electrons. The van der Waals surface area contributed by atoms with Gasteiger partial charge in [0.15, 0.2) is 0 Å². The van der Waals surface area contributed by atoms with E-state index in [-0.39, 0.29) is 12.1 Å². The second-order valence-corrected chi connectivity index (χ2v) is 5.99. The van der Waals surface area contributed by atoms with Crippen LogP contribution in [0.2, 0.25) is 0 Å². The van der Waals surface area contributed by atoms with Gasteiger partial charge in [0.25, 0.3) is 0 Å². The fraction of sp³-hybridized carbons (Fsp3) is 0.625. The Hall–Kier alpha value is -1.82. The summed E-state index contributed by atoms with van der Waals surface area (Å²) in [6.07, 6.45) is 6.48. The summed E-state index contributed by atoms with van der Waals surface area (Å²) in [6.45, 7) is 2.70. The minimum atomic E-state index is -0.108. The average Bonchev–Trinajstić information content (AvgIpc) is 2.96. The quantitative estimate of drug-likeness (QED) is 0.885. The molecule has 2 amide bonds. The number of pyridine rings is 1. The number of carbonyl (C=O) groups excluding carboxylic acids is 1. The molecule has 3 rings (SSSR count). The van der Waals surface area contributed by atoms with Crippen molar-refractivity contribution in [2.75, 3.05) is 20.2 Å². The van der Waals surface area contributed by atoms with E-state index >= 15 is 0 Å². The lowest BCUT2D eigenvalue weighted by Crippen LogP contribution is -2.49. The van der Waals surface area contributed by atoms with Crippen molar-refractivity contribution in [3.63, 3.8) is 0 Å². The van der Waals surface area contributed by atoms with Crippen molar-refractivity contribution in [1.29, 1.82) is 0 Å². The third-order valence-corrected chi connectivity index (χ3v) is 4.66. The minimum Gasteiger partial charge on any atom is -0.481 e. The Morgan fingerprint density at radius 2 is 2.32 bits per heavy atom. The van der Waals surface area contributed by atoms with Crippen molar-refractivity contribution in [3.8, 4) is 5.88 Å². The van der Waals surface area contributed by atoms with E-state index < -0.39 is 0 Å². The first-order chi connectivity index (χ1) is 10.8. The van der Waals surface area contributed by atoms with E-state index in [0.29, 0.717) is 18.5 Å². The molecule has 0 spiro atoms. The molecule has 2 saturated heterocycles. The van der Waals surface area contributed by atoms with Crippen molar-refractivity contribution in [2.24, 2.45) is 0 Å². The molecule has 1 aromatic heterocycles. The SMILES string of the molecule is COc1ncccc1CNC(=O)NC1CCN2CCCCC12. The van der Waals surface area contributed by atoms with Crippen molar-refractivity contribution in [2.45, 2.75) is 44.3 Å². The third kappa shape index (κ3) is 3.32. The molecule has 3 heterocycles. The van der Waals surface area contributed by atoms with Gasteiger partial charge in [-0.2, -0.15) is 0 Å². The van der Waals surface area contributed by atoms with Gasteiger partial charge in [0.1, 0.15) is 0 Å². The van der Waals surface area contributed by atoms with Crippen LogP contribution in [0, 0.1) is 0 Å². The molecule has 0 aromatic carbocycles. The predicted octanol–water partition coefficient (Wildman–Crippen LogP) is 1.52. The first-order valence-electron chi connectivity index (χ1n) is 8.04. The van der Waals surface area contributed by atoms with Crippen molar-refractivity contribution in [3.05, 3.63) is 23.9 Å². The molecule has 2 atom stereocenters. The van der Waals surface area contributed by atoms with Gasteiger partial charge >= 0.3 is 6.03 Å². The van der Waals surface area contributed by atoms with Gasteiger partial charge in [-0.25, -0.2) is 9.78 Å². The number of methoxy groups -OCH3 is 1. The van der Waals surface area contributed by atoms with Crippen LogP contribution < -0.4 is 15.4 Å². The summed E-state index contributed by atoms with van der Waals surface area (Å²) in [4.78, 5) is 18.8. The number of aromatic nitrogens is 1. The van der Waals surface area contributed by atoms with Crippen LogP contribution in [0.4, 0.5) is 4.79 Å². The van der Waals surface area contributed by atoms with Gasteiger partial charge in [-0.1, -0.05) is 12.5 Å². The van der Waals surface area contributed by atoms with Gasteiger partial charge in [0.2, 0.25) is 5.88 Å². The van der Waals surface area contributed by atoms with E-state index in [2.05, 4.69) is 20.5 Å². The largest absolute Gasteiger partial charge is 0.481 e. The molecule has 2 aliphatic rings. The highest BCUT2D eigenvalue weighted by Gasteiger charge is 2.36. The topological polar surface area (TPSA) is 66.5 Å². The molecule has 6 nitrogen and oxygen atoms in total. The lowest BCUT2D eigenvalue weighted by molar-refractivity contribution is 0.179. The summed E-state index contributed by atoms with van der Waals surface area (Å²) in [5, 5.41) is 6.04. The molecule has 1 aromatic rings. The van der Waals surface area contributed by atoms with Crippen LogP contribution in [-0.4, -0.2) is 48.2 Å². The van der Waals surface area contributed by atoms with Crippen LogP contribution in [0.5, 0.6) is 5.88 Å². The van der Waals surface area contributed by atoms with Gasteiger partial charge in [0, 0.05) is 36.9 Å². The number of amides is 2. The van der Waals surface area contributed by atoms with Crippen molar-refractivity contribution < 1.29 is 9.53 Å². The van der Waals surface area contributed by atoms with Gasteiger partial charge in [-0.15, -0.1) is 0 Å². The number of ether oxygens (including phenoxy) is 1. The van der Waals surface area contributed by atoms with E-state index in [0.717, 1.165) is 18.5 Å². The zero-order valence-corrected chi connectivity index (χ0v) is 13.0. The summed E-state index contributed by atoms with van der Waals surface area (Å²) in [6, 6.07) is 4.44. The number of fused-ring (bicyclic) bond motifs is 1. The van der Waals surface area contributed by atoms with E-state index in [1.807, 2.05) is 12.1 Å². The molecule has 2 fully saturated rings. The van der Waals surface area contributed by atoms with Crippen molar-refractivity contribution >= 4 is 6.03 Å². The molecule has 2 aliphatic heterocycles. The molecule has 0 bridgehead atoms. The van der Waals surface area contributed by atoms with Gasteiger partial charge in [0.05, 0.1) is 7.11 Å². The lowest BCUT2D eigenvalue weighted by Gasteiger charge is -2.32. The lowest BCUT2D eigenvalue weighted by atomic mass is 9.99. The molecule has 0 saturated carbocycles. The zero-order valence-electron chi connectivity index (χ0n) is 13.0. The fourth-order valence-corrected chi connectivity index (χ4v) is 3.55. The standard InChI is InChI=1S/C16H24N4O2/c1-22-15-12(5-4-8-17-15)11-18-16(21)19-13-7-10-20-9-3-2-6-14(13)20/h4-5,8,13-14H,2-3,6-7,9-11H2,1H3,(H2,18,19,21). The molecule has 2 N–H and O–H groups in total. The Kier molecular flexibility index (Phi) is 4.77. The Morgan fingerprint density at radius 1 is 1.41 bits per heavy atom. The molecule has 6 heteroatoms. The van der Waals surface area contributed by atoms with Crippen LogP contribution in [0.15, 0.2) is 18.3 Å². The highest BCUT2D eigenvalue weighted by molar-refractivity contribution is 5.74. The van der Waals surface area contributed by atoms with Crippen LogP contribution in [0.25, 0.3) is 0 Å². The van der Waals surface area contributed by atoms with E-state index in [1.54, 1.807) is 13.3 Å². The van der Waals surface area contributed by atoms with Crippen LogP contribution in [0.1, 0.15) is 31.2 Å². The summed E-state index contributed by atoms with van der Waals surface area (Å²) < 4.78 is 5.19. The second-order valence-electron chi connectivity index (χ2n) is 5.99. The molecule has 22 heavy (non-hydrogen) atoms. The maximum atomic E-state index is 12.1. The maximum Gasteiger partial charge on any atom is 0.315 e. The molecule has 0 aliphatic carbocycles. The number of nitrogens with zero attached hydrogens (tertiary/aromatic N) is 2. The van der Waals surface area contributed by atoms with Gasteiger partial charge in [-0.3, -0.25) is 4.90 Å². The second kappa shape index (κ2) is 6.96. The molecule has 2 unspecified atom stereocenters. The van der Waals surface area contributed by atoms with Crippen LogP contribution >= 0.6 is 0 Å². The fourth-order valence-electron chi connectivity index (χ4n) is 3.55. The minimum absolute atomic E-state index is 0.108. The molecular formula is C16H24N4O2. The summed E-state index contributed by atoms with van der Waals surface area (Å²) in [5.74, 6) is 0.558. The van der Waals surface area contributed by atoms with Crippen LogP contribution in [0.3, 0.4) is 0 Å².